The van der Waals surface area contributed by atoms with Gasteiger partial charge in [-0.15, -0.1) is 16.4 Å². The van der Waals surface area contributed by atoms with Crippen molar-refractivity contribution < 1.29 is 0 Å². The van der Waals surface area contributed by atoms with Gasteiger partial charge in [0.05, 0.1) is 12.6 Å². The van der Waals surface area contributed by atoms with E-state index in [0.717, 1.165) is 43.1 Å². The molecule has 0 bridgehead atoms. The van der Waals surface area contributed by atoms with Gasteiger partial charge in [-0.2, -0.15) is 0 Å². The average molecular weight is 457 g/mol. The number of halogens is 1. The molecule has 5 rings (SSSR count). The Morgan fingerprint density at radius 2 is 1.77 bits per heavy atom. The molecule has 2 aliphatic rings. The van der Waals surface area contributed by atoms with Crippen LogP contribution in [0.3, 0.4) is 0 Å². The molecule has 0 N–H and O–H groups in total. The smallest absolute Gasteiger partial charge is 0.173 e. The van der Waals surface area contributed by atoms with Crippen LogP contribution in [0.15, 0.2) is 41.8 Å². The molecule has 8 heteroatoms. The van der Waals surface area contributed by atoms with E-state index in [1.165, 1.54) is 42.5 Å². The first kappa shape index (κ1) is 21.1. The minimum Gasteiger partial charge on any atom is -0.298 e. The van der Waals surface area contributed by atoms with Gasteiger partial charge in [0.25, 0.3) is 0 Å². The van der Waals surface area contributed by atoms with E-state index < -0.39 is 0 Å². The van der Waals surface area contributed by atoms with Crippen LogP contribution in [0.5, 0.6) is 0 Å². The summed E-state index contributed by atoms with van der Waals surface area (Å²) in [7, 11) is 0. The summed E-state index contributed by atoms with van der Waals surface area (Å²) in [5.74, 6) is 0.904. The second kappa shape index (κ2) is 9.77. The zero-order valence-corrected chi connectivity index (χ0v) is 19.3. The molecule has 6 nitrogen and oxygen atoms in total. The minimum absolute atomic E-state index is 0.0285. The molecule has 0 unspecified atom stereocenters. The van der Waals surface area contributed by atoms with Crippen LogP contribution < -0.4 is 0 Å². The molecule has 1 aromatic carbocycles. The number of hydrogen-bond acceptors (Lipinski definition) is 6. The van der Waals surface area contributed by atoms with Gasteiger partial charge in [-0.1, -0.05) is 49.1 Å². The number of thiophene rings is 1. The van der Waals surface area contributed by atoms with Gasteiger partial charge in [0, 0.05) is 42.1 Å². The van der Waals surface area contributed by atoms with E-state index in [9.17, 15) is 0 Å². The number of rotatable bonds is 6. The second-order valence-corrected chi connectivity index (χ2v) is 10.1. The summed E-state index contributed by atoms with van der Waals surface area (Å²) in [5, 5.41) is 15.7. The number of piperazine rings is 1. The van der Waals surface area contributed by atoms with Crippen molar-refractivity contribution in [2.45, 2.75) is 50.7 Å². The molecule has 2 fully saturated rings. The average Bonchev–Trinajstić information content (AvgIpc) is 3.49. The Morgan fingerprint density at radius 1 is 1.00 bits per heavy atom. The standard InChI is InChI=1S/C23H29ClN6S/c24-19-10-8-18(9-11-19)22(23-25-26-27-30(23)17-21-7-4-16-31-21)29-14-12-28(13-15-29)20-5-2-1-3-6-20/h4,7-11,16,20,22H,1-3,5-6,12-15,17H2/t22-/m0/s1. The van der Waals surface area contributed by atoms with Crippen LogP contribution in [0, 0.1) is 0 Å². The van der Waals surface area contributed by atoms with Crippen LogP contribution >= 0.6 is 22.9 Å². The van der Waals surface area contributed by atoms with E-state index in [0.29, 0.717) is 6.54 Å². The van der Waals surface area contributed by atoms with E-state index in [1.807, 2.05) is 16.8 Å². The van der Waals surface area contributed by atoms with Crippen molar-refractivity contribution in [2.24, 2.45) is 0 Å². The number of tetrazole rings is 1. The first-order valence-corrected chi connectivity index (χ1v) is 12.6. The van der Waals surface area contributed by atoms with Gasteiger partial charge in [-0.25, -0.2) is 4.68 Å². The molecule has 3 aromatic rings. The Bertz CT molecular complexity index is 943. The Labute approximate surface area is 192 Å². The predicted octanol–water partition coefficient (Wildman–Crippen LogP) is 4.48. The topological polar surface area (TPSA) is 50.1 Å². The third-order valence-corrected chi connectivity index (χ3v) is 7.79. The highest BCUT2D eigenvalue weighted by Gasteiger charge is 2.32. The van der Waals surface area contributed by atoms with E-state index >= 15 is 0 Å². The Morgan fingerprint density at radius 3 is 2.48 bits per heavy atom. The molecule has 1 atom stereocenters. The van der Waals surface area contributed by atoms with E-state index in [4.69, 9.17) is 11.6 Å². The molecule has 1 aliphatic heterocycles. The van der Waals surface area contributed by atoms with Crippen molar-refractivity contribution in [2.75, 3.05) is 26.2 Å². The molecule has 0 spiro atoms. The maximum absolute atomic E-state index is 6.19. The number of nitrogens with zero attached hydrogens (tertiary/aromatic N) is 6. The van der Waals surface area contributed by atoms with Crippen molar-refractivity contribution in [3.05, 3.63) is 63.1 Å². The van der Waals surface area contributed by atoms with Gasteiger partial charge in [-0.3, -0.25) is 9.80 Å². The molecule has 0 amide bonds. The maximum Gasteiger partial charge on any atom is 0.173 e. The van der Waals surface area contributed by atoms with Crippen LogP contribution in [0.2, 0.25) is 5.02 Å². The summed E-state index contributed by atoms with van der Waals surface area (Å²) in [6, 6.07) is 13.2. The highest BCUT2D eigenvalue weighted by atomic mass is 35.5. The third-order valence-electron chi connectivity index (χ3n) is 6.68. The Balaban J connectivity index is 1.39. The van der Waals surface area contributed by atoms with Crippen LogP contribution in [0.25, 0.3) is 0 Å². The van der Waals surface area contributed by atoms with Crippen molar-refractivity contribution in [3.63, 3.8) is 0 Å². The molecule has 1 saturated heterocycles. The van der Waals surface area contributed by atoms with Gasteiger partial charge in [-0.05, 0) is 52.4 Å². The van der Waals surface area contributed by atoms with Crippen LogP contribution in [0.1, 0.15) is 54.4 Å². The molecule has 0 radical (unpaired) electrons. The lowest BCUT2D eigenvalue weighted by atomic mass is 9.93. The summed E-state index contributed by atoms with van der Waals surface area (Å²) in [6.45, 7) is 4.97. The van der Waals surface area contributed by atoms with Crippen LogP contribution in [-0.2, 0) is 6.54 Å². The lowest BCUT2D eigenvalue weighted by molar-refractivity contribution is 0.0620. The number of benzene rings is 1. The van der Waals surface area contributed by atoms with Crippen molar-refractivity contribution in [1.82, 2.24) is 30.0 Å². The van der Waals surface area contributed by atoms with Crippen molar-refractivity contribution >= 4 is 22.9 Å². The molecule has 31 heavy (non-hydrogen) atoms. The highest BCUT2D eigenvalue weighted by Crippen LogP contribution is 2.31. The predicted molar refractivity (Wildman–Crippen MR) is 125 cm³/mol. The fourth-order valence-corrected chi connectivity index (χ4v) is 5.86. The second-order valence-electron chi connectivity index (χ2n) is 8.59. The Kier molecular flexibility index (Phi) is 6.64. The molecular formula is C23H29ClN6S. The van der Waals surface area contributed by atoms with Crippen LogP contribution in [-0.4, -0.2) is 62.2 Å². The molecule has 2 aromatic heterocycles. The van der Waals surface area contributed by atoms with Gasteiger partial charge < -0.3 is 0 Å². The van der Waals surface area contributed by atoms with E-state index in [1.54, 1.807) is 11.3 Å². The summed E-state index contributed by atoms with van der Waals surface area (Å²) >= 11 is 7.93. The quantitative estimate of drug-likeness (QED) is 0.547. The summed E-state index contributed by atoms with van der Waals surface area (Å²) < 4.78 is 1.96. The number of hydrogen-bond donors (Lipinski definition) is 0. The fraction of sp³-hybridized carbons (Fsp3) is 0.522. The largest absolute Gasteiger partial charge is 0.298 e. The molecule has 164 valence electrons. The van der Waals surface area contributed by atoms with E-state index in [2.05, 4.69) is 55.0 Å². The normalized spacial score (nSPS) is 20.2. The first-order valence-electron chi connectivity index (χ1n) is 11.3. The minimum atomic E-state index is 0.0285. The van der Waals surface area contributed by atoms with E-state index in [-0.39, 0.29) is 6.04 Å². The van der Waals surface area contributed by atoms with Gasteiger partial charge >= 0.3 is 0 Å². The van der Waals surface area contributed by atoms with Crippen molar-refractivity contribution in [1.29, 1.82) is 0 Å². The molecule has 1 aliphatic carbocycles. The number of aromatic nitrogens is 4. The molecule has 3 heterocycles. The van der Waals surface area contributed by atoms with Gasteiger partial charge in [0.2, 0.25) is 0 Å². The zero-order valence-electron chi connectivity index (χ0n) is 17.7. The summed E-state index contributed by atoms with van der Waals surface area (Å²) in [5.41, 5.74) is 1.19. The van der Waals surface area contributed by atoms with Crippen LogP contribution in [0.4, 0.5) is 0 Å². The lowest BCUT2D eigenvalue weighted by Gasteiger charge is -2.43. The molecule has 1 saturated carbocycles. The zero-order chi connectivity index (χ0) is 21.0. The monoisotopic (exact) mass is 456 g/mol. The fourth-order valence-electron chi connectivity index (χ4n) is 5.05. The SMILES string of the molecule is Clc1ccc([C@@H](c2nnnn2Cc2cccs2)N2CCN(C3CCCCC3)CC2)cc1. The highest BCUT2D eigenvalue weighted by molar-refractivity contribution is 7.09. The first-order chi connectivity index (χ1) is 15.3. The summed E-state index contributed by atoms with van der Waals surface area (Å²) in [6.07, 6.45) is 6.90. The molecular weight excluding hydrogens is 428 g/mol. The van der Waals surface area contributed by atoms with Crippen molar-refractivity contribution in [3.8, 4) is 0 Å². The van der Waals surface area contributed by atoms with Gasteiger partial charge in [0.15, 0.2) is 5.82 Å². The lowest BCUT2D eigenvalue weighted by Crippen LogP contribution is -2.52. The summed E-state index contributed by atoms with van der Waals surface area (Å²) in [4.78, 5) is 6.51. The maximum atomic E-state index is 6.19. The third kappa shape index (κ3) is 4.85. The van der Waals surface area contributed by atoms with Gasteiger partial charge in [0.1, 0.15) is 0 Å². The Hall–Kier alpha value is -1.80.